The minimum atomic E-state index is -0.377. The third-order valence-electron chi connectivity index (χ3n) is 3.54. The molecule has 3 heteroatoms. The van der Waals surface area contributed by atoms with Gasteiger partial charge in [0.15, 0.2) is 0 Å². The molecule has 0 aliphatic carbocycles. The molecule has 0 unspecified atom stereocenters. The summed E-state index contributed by atoms with van der Waals surface area (Å²) in [6.07, 6.45) is 4.23. The average Bonchev–Trinajstić information content (AvgIpc) is 2.39. The molecule has 0 radical (unpaired) electrons. The fraction of sp³-hybridized carbons (Fsp3) is 0.643. The van der Waals surface area contributed by atoms with Crippen molar-refractivity contribution in [3.8, 4) is 0 Å². The number of aliphatic hydroxyl groups is 1. The van der Waals surface area contributed by atoms with Gasteiger partial charge in [-0.2, -0.15) is 0 Å². The molecule has 2 rings (SSSR count). The van der Waals surface area contributed by atoms with E-state index in [2.05, 4.69) is 9.88 Å². The van der Waals surface area contributed by atoms with Crippen LogP contribution in [0, 0.1) is 6.92 Å². The van der Waals surface area contributed by atoms with Crippen molar-refractivity contribution in [2.24, 2.45) is 0 Å². The van der Waals surface area contributed by atoms with Crippen LogP contribution in [0.2, 0.25) is 0 Å². The van der Waals surface area contributed by atoms with Crippen molar-refractivity contribution in [2.75, 3.05) is 18.0 Å². The normalized spacial score (nSPS) is 18.2. The lowest BCUT2D eigenvalue weighted by molar-refractivity contribution is 0.172. The van der Waals surface area contributed by atoms with Gasteiger partial charge in [0.1, 0.15) is 5.82 Å². The van der Waals surface area contributed by atoms with Gasteiger partial charge in [-0.3, -0.25) is 0 Å². The summed E-state index contributed by atoms with van der Waals surface area (Å²) in [6.45, 7) is 6.20. The summed E-state index contributed by atoms with van der Waals surface area (Å²) >= 11 is 0. The van der Waals surface area contributed by atoms with Gasteiger partial charge in [0.2, 0.25) is 0 Å². The summed E-state index contributed by atoms with van der Waals surface area (Å²) in [4.78, 5) is 6.98. The highest BCUT2D eigenvalue weighted by Gasteiger charge is 2.15. The molecule has 94 valence electrons. The lowest BCUT2D eigenvalue weighted by atomic mass is 10.1. The third kappa shape index (κ3) is 2.78. The summed E-state index contributed by atoms with van der Waals surface area (Å²) in [5, 5.41) is 9.86. The molecule has 1 saturated heterocycles. The Labute approximate surface area is 103 Å². The first-order valence-corrected chi connectivity index (χ1v) is 6.63. The van der Waals surface area contributed by atoms with E-state index >= 15 is 0 Å². The summed E-state index contributed by atoms with van der Waals surface area (Å²) in [5.74, 6) is 1.06. The second-order valence-electron chi connectivity index (χ2n) is 4.82. The molecule has 0 bridgehead atoms. The van der Waals surface area contributed by atoms with Crippen molar-refractivity contribution in [1.82, 2.24) is 4.98 Å². The molecule has 0 amide bonds. The van der Waals surface area contributed by atoms with Crippen LogP contribution < -0.4 is 4.90 Å². The Hall–Kier alpha value is -1.09. The van der Waals surface area contributed by atoms with Gasteiger partial charge in [0, 0.05) is 24.3 Å². The maximum absolute atomic E-state index is 9.86. The van der Waals surface area contributed by atoms with E-state index < -0.39 is 0 Å². The van der Waals surface area contributed by atoms with Gasteiger partial charge in [-0.1, -0.05) is 13.0 Å². The highest BCUT2D eigenvalue weighted by atomic mass is 16.3. The number of piperidine rings is 1. The average molecular weight is 234 g/mol. The Kier molecular flexibility index (Phi) is 4.00. The van der Waals surface area contributed by atoms with Gasteiger partial charge in [-0.25, -0.2) is 4.98 Å². The van der Waals surface area contributed by atoms with E-state index in [9.17, 15) is 5.11 Å². The lowest BCUT2D eigenvalue weighted by Crippen LogP contribution is -2.30. The number of nitrogens with zero attached hydrogens (tertiary/aromatic N) is 2. The molecule has 1 aromatic heterocycles. The van der Waals surface area contributed by atoms with E-state index in [1.165, 1.54) is 19.3 Å². The zero-order chi connectivity index (χ0) is 12.3. The van der Waals surface area contributed by atoms with Crippen LogP contribution in [0.3, 0.4) is 0 Å². The number of aromatic nitrogens is 1. The monoisotopic (exact) mass is 234 g/mol. The van der Waals surface area contributed by atoms with Crippen LogP contribution in [0.4, 0.5) is 5.82 Å². The maximum Gasteiger partial charge on any atom is 0.128 e. The van der Waals surface area contributed by atoms with Gasteiger partial charge in [0.25, 0.3) is 0 Å². The predicted octanol–water partition coefficient (Wildman–Crippen LogP) is 2.82. The molecule has 2 heterocycles. The van der Waals surface area contributed by atoms with Crippen LogP contribution in [0.25, 0.3) is 0 Å². The Bertz CT molecular complexity index is 372. The molecule has 0 saturated carbocycles. The van der Waals surface area contributed by atoms with Gasteiger partial charge >= 0.3 is 0 Å². The zero-order valence-electron chi connectivity index (χ0n) is 10.8. The Morgan fingerprint density at radius 2 is 2.00 bits per heavy atom. The first-order valence-electron chi connectivity index (χ1n) is 6.63. The largest absolute Gasteiger partial charge is 0.388 e. The molecule has 17 heavy (non-hydrogen) atoms. The van der Waals surface area contributed by atoms with Crippen LogP contribution in [0.5, 0.6) is 0 Å². The number of rotatable bonds is 3. The number of pyridine rings is 1. The number of hydrogen-bond acceptors (Lipinski definition) is 3. The molecule has 3 nitrogen and oxygen atoms in total. The minimum Gasteiger partial charge on any atom is -0.388 e. The molecule has 1 aromatic rings. The first-order chi connectivity index (χ1) is 8.22. The zero-order valence-corrected chi connectivity index (χ0v) is 10.8. The van der Waals surface area contributed by atoms with Gasteiger partial charge in [-0.15, -0.1) is 0 Å². The van der Waals surface area contributed by atoms with Crippen LogP contribution in [-0.4, -0.2) is 23.2 Å². The molecule has 1 aliphatic rings. The highest BCUT2D eigenvalue weighted by Crippen LogP contribution is 2.23. The van der Waals surface area contributed by atoms with E-state index in [1.54, 1.807) is 0 Å². The summed E-state index contributed by atoms with van der Waals surface area (Å²) in [7, 11) is 0. The Morgan fingerprint density at radius 1 is 1.29 bits per heavy atom. The molecule has 1 N–H and O–H groups in total. The fourth-order valence-corrected chi connectivity index (χ4v) is 2.43. The molecule has 1 atom stereocenters. The topological polar surface area (TPSA) is 36.4 Å². The number of hydrogen-bond donors (Lipinski definition) is 1. The minimum absolute atomic E-state index is 0.377. The third-order valence-corrected chi connectivity index (χ3v) is 3.54. The number of anilines is 1. The summed E-state index contributed by atoms with van der Waals surface area (Å²) in [6, 6.07) is 4.08. The standard InChI is InChI=1S/C14H22N2O/c1-3-13(17)12-7-8-14(15-11(12)2)16-9-5-4-6-10-16/h7-8,13,17H,3-6,9-10H2,1-2H3/t13-/m0/s1. The van der Waals surface area contributed by atoms with Crippen molar-refractivity contribution in [3.05, 3.63) is 23.4 Å². The highest BCUT2D eigenvalue weighted by molar-refractivity contribution is 5.42. The van der Waals surface area contributed by atoms with E-state index in [0.29, 0.717) is 0 Å². The second-order valence-corrected chi connectivity index (χ2v) is 4.82. The van der Waals surface area contributed by atoms with Crippen molar-refractivity contribution in [1.29, 1.82) is 0 Å². The molecule has 1 fully saturated rings. The molecule has 1 aliphatic heterocycles. The number of aryl methyl sites for hydroxylation is 1. The van der Waals surface area contributed by atoms with Gasteiger partial charge in [-0.05, 0) is 38.7 Å². The molecule has 0 spiro atoms. The first kappa shape index (κ1) is 12.4. The van der Waals surface area contributed by atoms with Crippen LogP contribution >= 0.6 is 0 Å². The van der Waals surface area contributed by atoms with E-state index in [1.807, 2.05) is 26.0 Å². The smallest absolute Gasteiger partial charge is 0.128 e. The molecular weight excluding hydrogens is 212 g/mol. The van der Waals surface area contributed by atoms with Gasteiger partial charge < -0.3 is 10.0 Å². The van der Waals surface area contributed by atoms with E-state index in [4.69, 9.17) is 0 Å². The Morgan fingerprint density at radius 3 is 2.59 bits per heavy atom. The van der Waals surface area contributed by atoms with Gasteiger partial charge in [0.05, 0.1) is 6.10 Å². The maximum atomic E-state index is 9.86. The SMILES string of the molecule is CC[C@H](O)c1ccc(N2CCCCC2)nc1C. The second kappa shape index (κ2) is 5.50. The number of aliphatic hydroxyl groups excluding tert-OH is 1. The van der Waals surface area contributed by atoms with Crippen LogP contribution in [0.15, 0.2) is 12.1 Å². The van der Waals surface area contributed by atoms with Crippen LogP contribution in [0.1, 0.15) is 50.0 Å². The summed E-state index contributed by atoms with van der Waals surface area (Å²) < 4.78 is 0. The van der Waals surface area contributed by atoms with Crippen molar-refractivity contribution < 1.29 is 5.11 Å². The molecular formula is C14H22N2O. The Balaban J connectivity index is 2.17. The van der Waals surface area contributed by atoms with Crippen molar-refractivity contribution in [3.63, 3.8) is 0 Å². The lowest BCUT2D eigenvalue weighted by Gasteiger charge is -2.28. The molecule has 0 aromatic carbocycles. The van der Waals surface area contributed by atoms with Crippen molar-refractivity contribution >= 4 is 5.82 Å². The van der Waals surface area contributed by atoms with Crippen molar-refractivity contribution in [2.45, 2.75) is 45.6 Å². The van der Waals surface area contributed by atoms with Crippen LogP contribution in [-0.2, 0) is 0 Å². The quantitative estimate of drug-likeness (QED) is 0.873. The fourth-order valence-electron chi connectivity index (χ4n) is 2.43. The van der Waals surface area contributed by atoms with E-state index in [-0.39, 0.29) is 6.10 Å². The predicted molar refractivity (Wildman–Crippen MR) is 70.3 cm³/mol. The van der Waals surface area contributed by atoms with E-state index in [0.717, 1.165) is 36.6 Å². The summed E-state index contributed by atoms with van der Waals surface area (Å²) in [5.41, 5.74) is 1.93.